The normalized spacial score (nSPS) is 22.7. The lowest BCUT2D eigenvalue weighted by molar-refractivity contribution is -0.132. The average molecular weight is 333 g/mol. The van der Waals surface area contributed by atoms with E-state index in [0.29, 0.717) is 12.5 Å². The standard InChI is InChI=1S/C20H31NO3/c1-14-7-6-11-20(2,3)18(14)19(22)21-12-10-15-8-9-16(23-4)17(13-15)24-5/h8-9,13-14,18H,6-7,10-12H2,1-5H3,(H,21,22)/t14-,18?/m0/s1. The third-order valence-electron chi connectivity index (χ3n) is 5.33. The first-order valence-corrected chi connectivity index (χ1v) is 8.87. The van der Waals surface area contributed by atoms with E-state index < -0.39 is 0 Å². The predicted molar refractivity (Wildman–Crippen MR) is 96.5 cm³/mol. The van der Waals surface area contributed by atoms with E-state index in [4.69, 9.17) is 9.47 Å². The van der Waals surface area contributed by atoms with Crippen molar-refractivity contribution in [3.8, 4) is 11.5 Å². The molecule has 134 valence electrons. The Bertz CT molecular complexity index is 568. The van der Waals surface area contributed by atoms with Crippen molar-refractivity contribution in [1.82, 2.24) is 5.32 Å². The van der Waals surface area contributed by atoms with E-state index in [1.165, 1.54) is 6.42 Å². The molecule has 1 aliphatic rings. The van der Waals surface area contributed by atoms with Gasteiger partial charge in [0.1, 0.15) is 0 Å². The van der Waals surface area contributed by atoms with E-state index in [-0.39, 0.29) is 17.2 Å². The van der Waals surface area contributed by atoms with Crippen LogP contribution in [0.3, 0.4) is 0 Å². The van der Waals surface area contributed by atoms with Crippen molar-refractivity contribution in [1.29, 1.82) is 0 Å². The van der Waals surface area contributed by atoms with Crippen LogP contribution in [-0.4, -0.2) is 26.7 Å². The lowest BCUT2D eigenvalue weighted by Gasteiger charge is -2.41. The van der Waals surface area contributed by atoms with Crippen molar-refractivity contribution in [3.05, 3.63) is 23.8 Å². The molecule has 1 aromatic carbocycles. The summed E-state index contributed by atoms with van der Waals surface area (Å²) in [4.78, 5) is 12.7. The summed E-state index contributed by atoms with van der Waals surface area (Å²) < 4.78 is 10.6. The number of rotatable bonds is 6. The molecule has 2 rings (SSSR count). The highest BCUT2D eigenvalue weighted by molar-refractivity contribution is 5.79. The molecule has 0 spiro atoms. The molecule has 4 heteroatoms. The fourth-order valence-electron chi connectivity index (χ4n) is 4.06. The zero-order valence-electron chi connectivity index (χ0n) is 15.6. The van der Waals surface area contributed by atoms with Gasteiger partial charge in [-0.25, -0.2) is 0 Å². The lowest BCUT2D eigenvalue weighted by Crippen LogP contribution is -2.45. The molecule has 0 aliphatic heterocycles. The molecule has 1 saturated carbocycles. The number of nitrogens with one attached hydrogen (secondary N) is 1. The van der Waals surface area contributed by atoms with Crippen LogP contribution in [0.5, 0.6) is 11.5 Å². The lowest BCUT2D eigenvalue weighted by atomic mass is 9.64. The fraction of sp³-hybridized carbons (Fsp3) is 0.650. The van der Waals surface area contributed by atoms with Gasteiger partial charge >= 0.3 is 0 Å². The molecule has 1 unspecified atom stereocenters. The number of methoxy groups -OCH3 is 2. The van der Waals surface area contributed by atoms with Gasteiger partial charge in [0.05, 0.1) is 14.2 Å². The highest BCUT2D eigenvalue weighted by Gasteiger charge is 2.41. The van der Waals surface area contributed by atoms with Gasteiger partial charge in [0.15, 0.2) is 11.5 Å². The van der Waals surface area contributed by atoms with Gasteiger partial charge in [-0.1, -0.05) is 33.3 Å². The summed E-state index contributed by atoms with van der Waals surface area (Å²) >= 11 is 0. The average Bonchev–Trinajstić information content (AvgIpc) is 2.53. The Hall–Kier alpha value is -1.71. The molecule has 1 fully saturated rings. The summed E-state index contributed by atoms with van der Waals surface area (Å²) in [6.07, 6.45) is 4.29. The summed E-state index contributed by atoms with van der Waals surface area (Å²) in [6.45, 7) is 7.30. The van der Waals surface area contributed by atoms with Gasteiger partial charge < -0.3 is 14.8 Å². The molecule has 1 aliphatic carbocycles. The molecule has 0 saturated heterocycles. The Morgan fingerprint density at radius 1 is 1.25 bits per heavy atom. The fourth-order valence-corrected chi connectivity index (χ4v) is 4.06. The number of carbonyl (C=O) groups excluding carboxylic acids is 1. The Kier molecular flexibility index (Phi) is 6.14. The first-order chi connectivity index (χ1) is 11.4. The molecule has 1 N–H and O–H groups in total. The minimum atomic E-state index is 0.0884. The van der Waals surface area contributed by atoms with E-state index in [1.807, 2.05) is 18.2 Å². The molecule has 0 bridgehead atoms. The van der Waals surface area contributed by atoms with E-state index in [0.717, 1.165) is 36.3 Å². The molecule has 24 heavy (non-hydrogen) atoms. The number of benzene rings is 1. The molecule has 0 radical (unpaired) electrons. The first-order valence-electron chi connectivity index (χ1n) is 8.87. The van der Waals surface area contributed by atoms with Crippen molar-refractivity contribution in [2.45, 2.75) is 46.5 Å². The highest BCUT2D eigenvalue weighted by atomic mass is 16.5. The highest BCUT2D eigenvalue weighted by Crippen LogP contribution is 2.43. The summed E-state index contributed by atoms with van der Waals surface area (Å²) in [5.41, 5.74) is 1.22. The molecule has 1 amide bonds. The van der Waals surface area contributed by atoms with Gasteiger partial charge in [0.2, 0.25) is 5.91 Å². The van der Waals surface area contributed by atoms with E-state index in [2.05, 4.69) is 26.1 Å². The third-order valence-corrected chi connectivity index (χ3v) is 5.33. The van der Waals surface area contributed by atoms with Crippen LogP contribution >= 0.6 is 0 Å². The van der Waals surface area contributed by atoms with Crippen molar-refractivity contribution in [2.75, 3.05) is 20.8 Å². The first kappa shape index (κ1) is 18.6. The number of ether oxygens (including phenoxy) is 2. The SMILES string of the molecule is COc1ccc(CCNC(=O)C2[C@@H](C)CCCC2(C)C)cc1OC. The van der Waals surface area contributed by atoms with Crippen LogP contribution < -0.4 is 14.8 Å². The van der Waals surface area contributed by atoms with Gasteiger partial charge in [-0.05, 0) is 48.3 Å². The molecule has 1 aromatic rings. The van der Waals surface area contributed by atoms with Crippen LogP contribution in [0, 0.1) is 17.3 Å². The Balaban J connectivity index is 1.92. The molecule has 0 heterocycles. The summed E-state index contributed by atoms with van der Waals surface area (Å²) in [7, 11) is 3.26. The van der Waals surface area contributed by atoms with Crippen LogP contribution in [-0.2, 0) is 11.2 Å². The van der Waals surface area contributed by atoms with Crippen LogP contribution in [0.15, 0.2) is 18.2 Å². The topological polar surface area (TPSA) is 47.6 Å². The van der Waals surface area contributed by atoms with E-state index >= 15 is 0 Å². The van der Waals surface area contributed by atoms with Gasteiger partial charge in [-0.3, -0.25) is 4.79 Å². The smallest absolute Gasteiger partial charge is 0.223 e. The Morgan fingerprint density at radius 2 is 1.96 bits per heavy atom. The van der Waals surface area contributed by atoms with Crippen LogP contribution in [0.1, 0.15) is 45.6 Å². The molecule has 4 nitrogen and oxygen atoms in total. The molecular formula is C20H31NO3. The largest absolute Gasteiger partial charge is 0.493 e. The van der Waals surface area contributed by atoms with Crippen LogP contribution in [0.25, 0.3) is 0 Å². The van der Waals surface area contributed by atoms with Crippen molar-refractivity contribution in [2.24, 2.45) is 17.3 Å². The van der Waals surface area contributed by atoms with Gasteiger partial charge in [0.25, 0.3) is 0 Å². The van der Waals surface area contributed by atoms with Gasteiger partial charge in [-0.2, -0.15) is 0 Å². The summed E-state index contributed by atoms with van der Waals surface area (Å²) in [5.74, 6) is 2.21. The maximum absolute atomic E-state index is 12.7. The maximum Gasteiger partial charge on any atom is 0.223 e. The van der Waals surface area contributed by atoms with Crippen molar-refractivity contribution >= 4 is 5.91 Å². The minimum Gasteiger partial charge on any atom is -0.493 e. The van der Waals surface area contributed by atoms with Gasteiger partial charge in [-0.15, -0.1) is 0 Å². The Labute approximate surface area is 145 Å². The molecular weight excluding hydrogens is 302 g/mol. The number of carbonyl (C=O) groups is 1. The van der Waals surface area contributed by atoms with E-state index in [1.54, 1.807) is 14.2 Å². The second kappa shape index (κ2) is 7.91. The van der Waals surface area contributed by atoms with Crippen molar-refractivity contribution in [3.63, 3.8) is 0 Å². The monoisotopic (exact) mass is 333 g/mol. The Morgan fingerprint density at radius 3 is 2.58 bits per heavy atom. The number of hydrogen-bond acceptors (Lipinski definition) is 3. The van der Waals surface area contributed by atoms with Crippen LogP contribution in [0.2, 0.25) is 0 Å². The second-order valence-electron chi connectivity index (χ2n) is 7.57. The third kappa shape index (κ3) is 4.22. The quantitative estimate of drug-likeness (QED) is 0.861. The van der Waals surface area contributed by atoms with Gasteiger partial charge in [0, 0.05) is 12.5 Å². The summed E-state index contributed by atoms with van der Waals surface area (Å²) in [6, 6.07) is 5.89. The minimum absolute atomic E-state index is 0.0884. The van der Waals surface area contributed by atoms with E-state index in [9.17, 15) is 4.79 Å². The maximum atomic E-state index is 12.7. The van der Waals surface area contributed by atoms with Crippen molar-refractivity contribution < 1.29 is 14.3 Å². The zero-order valence-corrected chi connectivity index (χ0v) is 15.6. The number of hydrogen-bond donors (Lipinski definition) is 1. The summed E-state index contributed by atoms with van der Waals surface area (Å²) in [5, 5.41) is 3.14. The van der Waals surface area contributed by atoms with Crippen LogP contribution in [0.4, 0.5) is 0 Å². The number of amides is 1. The second-order valence-corrected chi connectivity index (χ2v) is 7.57. The zero-order chi connectivity index (χ0) is 17.7. The molecule has 2 atom stereocenters. The molecule has 0 aromatic heterocycles. The predicted octanol–water partition coefficient (Wildman–Crippen LogP) is 3.82.